The summed E-state index contributed by atoms with van der Waals surface area (Å²) in [4.78, 5) is 53.3. The van der Waals surface area contributed by atoms with E-state index in [-0.39, 0.29) is 53.3 Å². The molecule has 0 aromatic heterocycles. The number of methoxy groups -OCH3 is 2. The van der Waals surface area contributed by atoms with Crippen LogP contribution in [0.15, 0.2) is 127 Å². The minimum absolute atomic E-state index is 0.0311. The topological polar surface area (TPSA) is 144 Å². The number of esters is 2. The van der Waals surface area contributed by atoms with Gasteiger partial charge in [-0.2, -0.15) is 11.8 Å². The molecule has 12 nitrogen and oxygen atoms in total. The Labute approximate surface area is 375 Å². The number of nitro benzene ring substituents is 1. The van der Waals surface area contributed by atoms with Gasteiger partial charge in [-0.3, -0.25) is 14.9 Å². The summed E-state index contributed by atoms with van der Waals surface area (Å²) in [6.07, 6.45) is -0.0311. The summed E-state index contributed by atoms with van der Waals surface area (Å²) < 4.78 is 30.2. The maximum absolute atomic E-state index is 14.0. The van der Waals surface area contributed by atoms with E-state index in [0.717, 1.165) is 16.7 Å². The lowest BCUT2D eigenvalue weighted by Crippen LogP contribution is -2.45. The highest BCUT2D eigenvalue weighted by Crippen LogP contribution is 2.42. The quantitative estimate of drug-likeness (QED) is 0.0242. The molecule has 332 valence electrons. The molecule has 63 heavy (non-hydrogen) atoms. The zero-order chi connectivity index (χ0) is 45.8. The van der Waals surface area contributed by atoms with Crippen LogP contribution < -0.4 is 9.16 Å². The molecule has 0 aliphatic rings. The van der Waals surface area contributed by atoms with Crippen LogP contribution in [-0.2, 0) is 41.8 Å². The molecule has 0 aliphatic carbocycles. The second-order valence-electron chi connectivity index (χ2n) is 16.5. The molecule has 1 atom stereocenters. The average Bonchev–Trinajstić information content (AvgIpc) is 3.28. The van der Waals surface area contributed by atoms with Gasteiger partial charge in [-0.1, -0.05) is 112 Å². The Morgan fingerprint density at radius 3 is 1.83 bits per heavy atom. The number of hydrogen-bond donors (Lipinski definition) is 0. The number of thioether (sulfide) groups is 1. The molecule has 0 fully saturated rings. The third kappa shape index (κ3) is 11.7. The van der Waals surface area contributed by atoms with E-state index in [1.54, 1.807) is 19.2 Å². The van der Waals surface area contributed by atoms with Crippen LogP contribution in [0.5, 0.6) is 11.5 Å². The third-order valence-electron chi connectivity index (χ3n) is 11.4. The number of non-ortho nitro benzene ring substituents is 1. The molecule has 0 spiro atoms. The molecule has 1 amide bonds. The highest BCUT2D eigenvalue weighted by Gasteiger charge is 2.41. The summed E-state index contributed by atoms with van der Waals surface area (Å²) in [5.41, 5.74) is 2.90. The van der Waals surface area contributed by atoms with Gasteiger partial charge >= 0.3 is 11.9 Å². The number of nitro groups is 1. The molecule has 0 aliphatic heterocycles. The molecular weight excluding hydrogens is 837 g/mol. The van der Waals surface area contributed by atoms with Gasteiger partial charge in [0.2, 0.25) is 14.2 Å². The summed E-state index contributed by atoms with van der Waals surface area (Å²) >= 11 is 1.33. The lowest BCUT2D eigenvalue weighted by Gasteiger charge is -2.37. The number of nitrogens with zero attached hydrogens (tertiary/aromatic N) is 2. The first-order chi connectivity index (χ1) is 30.0. The van der Waals surface area contributed by atoms with Gasteiger partial charge in [-0.25, -0.2) is 9.59 Å². The van der Waals surface area contributed by atoms with Crippen molar-refractivity contribution in [1.29, 1.82) is 0 Å². The summed E-state index contributed by atoms with van der Waals surface area (Å²) in [5.74, 6) is -0.417. The molecule has 5 aromatic rings. The van der Waals surface area contributed by atoms with Gasteiger partial charge in [-0.15, -0.1) is 0 Å². The number of likely N-dealkylation sites (N-methyl/N-ethyl adjacent to an activating group) is 1. The smallest absolute Gasteiger partial charge is 0.339 e. The van der Waals surface area contributed by atoms with Crippen LogP contribution >= 0.6 is 11.8 Å². The van der Waals surface area contributed by atoms with Crippen molar-refractivity contribution in [1.82, 2.24) is 4.90 Å². The number of carbonyl (C=O) groups excluding carboxylic acids is 3. The molecule has 5 aromatic carbocycles. The van der Waals surface area contributed by atoms with Crippen molar-refractivity contribution in [3.05, 3.63) is 171 Å². The van der Waals surface area contributed by atoms with E-state index >= 15 is 0 Å². The monoisotopic (exact) mass is 892 g/mol. The van der Waals surface area contributed by atoms with Crippen molar-refractivity contribution in [3.63, 3.8) is 0 Å². The number of benzene rings is 5. The van der Waals surface area contributed by atoms with E-state index in [4.69, 9.17) is 23.4 Å². The molecule has 0 radical (unpaired) electrons. The summed E-state index contributed by atoms with van der Waals surface area (Å²) in [7, 11) is 1.87. The SMILES string of the molecule is COC(=O)[C@H](CSCc1c(O[Si](C)(C)C(C)(C)C)cc(OC)cc1C(=O)OCc1ccc([N+](=O)[O-])cc1)N(C)C(=O)CCOC(c1ccccc1)(c1ccccc1)c1ccccc1. The van der Waals surface area contributed by atoms with Crippen LogP contribution in [0.4, 0.5) is 5.69 Å². The van der Waals surface area contributed by atoms with E-state index in [2.05, 4.69) is 33.9 Å². The van der Waals surface area contributed by atoms with E-state index in [1.165, 1.54) is 55.1 Å². The van der Waals surface area contributed by atoms with Crippen LogP contribution in [0.2, 0.25) is 18.1 Å². The second-order valence-corrected chi connectivity index (χ2v) is 22.2. The van der Waals surface area contributed by atoms with E-state index in [9.17, 15) is 24.5 Å². The maximum atomic E-state index is 14.0. The van der Waals surface area contributed by atoms with E-state index in [0.29, 0.717) is 22.6 Å². The van der Waals surface area contributed by atoms with Gasteiger partial charge in [0.25, 0.3) is 5.69 Å². The van der Waals surface area contributed by atoms with Crippen LogP contribution in [0.1, 0.15) is 65.4 Å². The summed E-state index contributed by atoms with van der Waals surface area (Å²) in [6, 6.07) is 37.7. The second kappa shape index (κ2) is 21.4. The van der Waals surface area contributed by atoms with Gasteiger partial charge in [0.15, 0.2) is 0 Å². The molecule has 0 N–H and O–H groups in total. The molecule has 0 heterocycles. The molecular formula is C49H56N2O10SSi. The van der Waals surface area contributed by atoms with Crippen molar-refractivity contribution in [2.75, 3.05) is 33.6 Å². The van der Waals surface area contributed by atoms with Crippen molar-refractivity contribution in [2.24, 2.45) is 0 Å². The van der Waals surface area contributed by atoms with Crippen LogP contribution in [0, 0.1) is 10.1 Å². The summed E-state index contributed by atoms with van der Waals surface area (Å²) in [6.45, 7) is 10.4. The van der Waals surface area contributed by atoms with Gasteiger partial charge in [0, 0.05) is 42.3 Å². The Morgan fingerprint density at radius 2 is 1.35 bits per heavy atom. The van der Waals surface area contributed by atoms with Crippen molar-refractivity contribution < 1.29 is 42.7 Å². The fraction of sp³-hybridized carbons (Fsp3) is 0.327. The Balaban J connectivity index is 1.38. The molecule has 5 rings (SSSR count). The molecule has 0 saturated carbocycles. The van der Waals surface area contributed by atoms with Gasteiger partial charge in [-0.05, 0) is 58.6 Å². The standard InChI is InChI=1S/C49H56N2O10SSi/c1-48(2,3)63(7,8)61-44-31-40(57-5)30-41(46(53)59-32-35-24-26-39(27-25-35)51(55)56)42(44)33-62-34-43(47(54)58-6)50(4)45(52)28-29-60-49(36-18-12-9-13-19-36,37-20-14-10-15-21-37)38-22-16-11-17-23-38/h9-27,30-31,43H,28-29,32-34H2,1-8H3/t43-/m0/s1. The lowest BCUT2D eigenvalue weighted by atomic mass is 9.80. The zero-order valence-electron chi connectivity index (χ0n) is 37.1. The lowest BCUT2D eigenvalue weighted by molar-refractivity contribution is -0.384. The fourth-order valence-electron chi connectivity index (χ4n) is 6.69. The number of carbonyl (C=O) groups is 3. The minimum atomic E-state index is -2.48. The first-order valence-corrected chi connectivity index (χ1v) is 24.6. The molecule has 0 unspecified atom stereocenters. The Bertz CT molecular complexity index is 2230. The van der Waals surface area contributed by atoms with Crippen molar-refractivity contribution >= 4 is 43.6 Å². The number of ether oxygens (including phenoxy) is 4. The highest BCUT2D eigenvalue weighted by atomic mass is 32.2. The van der Waals surface area contributed by atoms with Gasteiger partial charge < -0.3 is 28.3 Å². The molecule has 14 heteroatoms. The van der Waals surface area contributed by atoms with Crippen LogP contribution in [0.25, 0.3) is 0 Å². The predicted molar refractivity (Wildman–Crippen MR) is 248 cm³/mol. The number of rotatable bonds is 20. The third-order valence-corrected chi connectivity index (χ3v) is 16.7. The Morgan fingerprint density at radius 1 is 0.810 bits per heavy atom. The Hall–Kier alpha value is -5.96. The number of amides is 1. The maximum Gasteiger partial charge on any atom is 0.339 e. The zero-order valence-corrected chi connectivity index (χ0v) is 38.9. The largest absolute Gasteiger partial charge is 0.543 e. The average molecular weight is 893 g/mol. The minimum Gasteiger partial charge on any atom is -0.543 e. The Kier molecular flexibility index (Phi) is 16.3. The first kappa shape index (κ1) is 48.1. The van der Waals surface area contributed by atoms with Crippen molar-refractivity contribution in [3.8, 4) is 11.5 Å². The van der Waals surface area contributed by atoms with E-state index < -0.39 is 36.8 Å². The molecule has 0 bridgehead atoms. The first-order valence-electron chi connectivity index (χ1n) is 20.5. The summed E-state index contributed by atoms with van der Waals surface area (Å²) in [5, 5.41) is 11.0. The number of hydrogen-bond acceptors (Lipinski definition) is 11. The fourth-order valence-corrected chi connectivity index (χ4v) is 8.93. The van der Waals surface area contributed by atoms with Crippen LogP contribution in [-0.4, -0.2) is 75.7 Å². The van der Waals surface area contributed by atoms with Gasteiger partial charge in [0.05, 0.1) is 37.7 Å². The van der Waals surface area contributed by atoms with Crippen LogP contribution in [0.3, 0.4) is 0 Å². The highest BCUT2D eigenvalue weighted by molar-refractivity contribution is 7.98. The predicted octanol–water partition coefficient (Wildman–Crippen LogP) is 9.98. The van der Waals surface area contributed by atoms with Crippen molar-refractivity contribution in [2.45, 2.75) is 69.3 Å². The van der Waals surface area contributed by atoms with E-state index in [1.807, 2.05) is 91.0 Å². The normalized spacial score (nSPS) is 12.2. The molecule has 0 saturated heterocycles. The van der Waals surface area contributed by atoms with Gasteiger partial charge in [0.1, 0.15) is 29.7 Å².